The van der Waals surface area contributed by atoms with Crippen molar-refractivity contribution in [2.24, 2.45) is 0 Å². The molecular formula is C5H11BO4. The predicted molar refractivity (Wildman–Crippen MR) is 35.7 cm³/mol. The maximum Gasteiger partial charge on any atom is 0.112 e. The maximum atomic E-state index is 8.45. The average Bonchev–Trinajstić information content (AvgIpc) is 1.99. The summed E-state index contributed by atoms with van der Waals surface area (Å²) in [5.74, 6) is 0. The molecule has 0 saturated heterocycles. The molecule has 10 heavy (non-hydrogen) atoms. The summed E-state index contributed by atoms with van der Waals surface area (Å²) in [5.41, 5.74) is 0. The monoisotopic (exact) mass is 146 g/mol. The van der Waals surface area contributed by atoms with Gasteiger partial charge in [-0.2, -0.15) is 0 Å². The van der Waals surface area contributed by atoms with Crippen LogP contribution in [0, 0.1) is 0 Å². The minimum absolute atomic E-state index is 0.301. The van der Waals surface area contributed by atoms with Crippen LogP contribution in [0.15, 0.2) is 0 Å². The van der Waals surface area contributed by atoms with Gasteiger partial charge in [0.15, 0.2) is 0 Å². The van der Waals surface area contributed by atoms with Crippen LogP contribution in [-0.4, -0.2) is 55.1 Å². The molecule has 0 aromatic rings. The molecule has 5 heteroatoms. The van der Waals surface area contributed by atoms with Crippen molar-refractivity contribution in [2.75, 3.05) is 19.8 Å². The number of aliphatic hydroxyl groups excluding tert-OH is 3. The van der Waals surface area contributed by atoms with Gasteiger partial charge < -0.3 is 20.1 Å². The summed E-state index contributed by atoms with van der Waals surface area (Å²) >= 11 is 0. The van der Waals surface area contributed by atoms with Crippen LogP contribution in [0.25, 0.3) is 0 Å². The lowest BCUT2D eigenvalue weighted by Gasteiger charge is -2.17. The Morgan fingerprint density at radius 3 is 1.90 bits per heavy atom. The average molecular weight is 146 g/mol. The highest BCUT2D eigenvalue weighted by atomic mass is 16.5. The third-order valence-corrected chi connectivity index (χ3v) is 0.954. The Morgan fingerprint density at radius 2 is 1.60 bits per heavy atom. The van der Waals surface area contributed by atoms with Crippen LogP contribution in [0.2, 0.25) is 0 Å². The van der Waals surface area contributed by atoms with Crippen LogP contribution < -0.4 is 0 Å². The Labute approximate surface area is 60.8 Å². The van der Waals surface area contributed by atoms with E-state index in [0.717, 1.165) is 0 Å². The largest absolute Gasteiger partial charge is 0.395 e. The molecule has 0 aromatic heterocycles. The van der Waals surface area contributed by atoms with E-state index < -0.39 is 12.1 Å². The van der Waals surface area contributed by atoms with Gasteiger partial charge in [0.05, 0.1) is 19.8 Å². The predicted octanol–water partition coefficient (Wildman–Crippen LogP) is -2.16. The Balaban J connectivity index is 3.41. The lowest BCUT2D eigenvalue weighted by Crippen LogP contribution is -2.30. The number of aliphatic hydroxyl groups is 3. The molecule has 0 rings (SSSR count). The number of ether oxygens (including phenoxy) is 1. The van der Waals surface area contributed by atoms with E-state index in [1.165, 1.54) is 0 Å². The lowest BCUT2D eigenvalue weighted by molar-refractivity contribution is -0.0486. The topological polar surface area (TPSA) is 69.9 Å². The second-order valence-corrected chi connectivity index (χ2v) is 1.84. The summed E-state index contributed by atoms with van der Waals surface area (Å²) in [6.45, 7) is -0.926. The molecule has 58 valence electrons. The molecule has 0 unspecified atom stereocenters. The van der Waals surface area contributed by atoms with Crippen LogP contribution in [-0.2, 0) is 4.74 Å². The zero-order valence-corrected chi connectivity index (χ0v) is 5.60. The summed E-state index contributed by atoms with van der Waals surface area (Å²) in [6.07, 6.45) is -0.692. The third-order valence-electron chi connectivity index (χ3n) is 0.954. The SMILES string of the molecule is [B][C@@H](CO)OC(CO)CO. The molecule has 1 atom stereocenters. The van der Waals surface area contributed by atoms with E-state index in [-0.39, 0.29) is 19.8 Å². The van der Waals surface area contributed by atoms with Crippen molar-refractivity contribution in [3.05, 3.63) is 0 Å². The fourth-order valence-electron chi connectivity index (χ4n) is 0.434. The van der Waals surface area contributed by atoms with E-state index in [1.54, 1.807) is 0 Å². The van der Waals surface area contributed by atoms with Gasteiger partial charge in [-0.1, -0.05) is 0 Å². The fraction of sp³-hybridized carbons (Fsp3) is 1.00. The summed E-state index contributed by atoms with van der Waals surface area (Å²) in [7, 11) is 5.13. The maximum absolute atomic E-state index is 8.45. The first-order chi connectivity index (χ1) is 4.74. The second kappa shape index (κ2) is 5.67. The van der Waals surface area contributed by atoms with Crippen molar-refractivity contribution >= 4 is 7.85 Å². The summed E-state index contributed by atoms with van der Waals surface area (Å²) in [4.78, 5) is 0. The zero-order valence-electron chi connectivity index (χ0n) is 5.60. The van der Waals surface area contributed by atoms with E-state index in [0.29, 0.717) is 0 Å². The van der Waals surface area contributed by atoms with Crippen molar-refractivity contribution in [1.82, 2.24) is 0 Å². The second-order valence-electron chi connectivity index (χ2n) is 1.84. The standard InChI is InChI=1S/C5H11BO4/c6-5(3-9)10-4(1-7)2-8/h4-5,7-9H,1-3H2/t5-/m1/s1. The van der Waals surface area contributed by atoms with Crippen LogP contribution in [0.1, 0.15) is 0 Å². The van der Waals surface area contributed by atoms with Gasteiger partial charge in [0, 0.05) is 6.00 Å². The summed E-state index contributed by atoms with van der Waals surface area (Å²) < 4.78 is 4.73. The highest BCUT2D eigenvalue weighted by Gasteiger charge is 2.09. The van der Waals surface area contributed by atoms with Gasteiger partial charge >= 0.3 is 0 Å². The van der Waals surface area contributed by atoms with E-state index in [9.17, 15) is 0 Å². The molecule has 0 aliphatic rings. The van der Waals surface area contributed by atoms with Crippen LogP contribution in [0.5, 0.6) is 0 Å². The van der Waals surface area contributed by atoms with Crippen molar-refractivity contribution in [3.8, 4) is 0 Å². The number of hydrogen-bond donors (Lipinski definition) is 3. The molecule has 2 radical (unpaired) electrons. The molecule has 3 N–H and O–H groups in total. The molecule has 0 amide bonds. The Kier molecular flexibility index (Phi) is 5.62. The fourth-order valence-corrected chi connectivity index (χ4v) is 0.434. The molecule has 0 spiro atoms. The Bertz CT molecular complexity index is 76.0. The van der Waals surface area contributed by atoms with Crippen LogP contribution in [0.4, 0.5) is 0 Å². The van der Waals surface area contributed by atoms with Gasteiger partial charge in [-0.05, 0) is 0 Å². The van der Waals surface area contributed by atoms with Crippen LogP contribution >= 0.6 is 0 Å². The molecule has 0 saturated carbocycles. The van der Waals surface area contributed by atoms with Crippen LogP contribution in [0.3, 0.4) is 0 Å². The summed E-state index contributed by atoms with van der Waals surface area (Å²) in [5, 5.41) is 25.3. The van der Waals surface area contributed by atoms with Gasteiger partial charge in [-0.15, -0.1) is 0 Å². The van der Waals surface area contributed by atoms with E-state index >= 15 is 0 Å². The van der Waals surface area contributed by atoms with Crippen molar-refractivity contribution in [3.63, 3.8) is 0 Å². The molecule has 0 aliphatic heterocycles. The zero-order chi connectivity index (χ0) is 7.98. The minimum atomic E-state index is -0.829. The van der Waals surface area contributed by atoms with Gasteiger partial charge in [0.1, 0.15) is 14.0 Å². The highest BCUT2D eigenvalue weighted by Crippen LogP contribution is 1.93. The van der Waals surface area contributed by atoms with Crippen molar-refractivity contribution in [1.29, 1.82) is 0 Å². The van der Waals surface area contributed by atoms with Gasteiger partial charge in [0.25, 0.3) is 0 Å². The Morgan fingerprint density at radius 1 is 1.10 bits per heavy atom. The van der Waals surface area contributed by atoms with Gasteiger partial charge in [0.2, 0.25) is 0 Å². The molecule has 4 nitrogen and oxygen atoms in total. The third kappa shape index (κ3) is 3.84. The first kappa shape index (κ1) is 9.90. The van der Waals surface area contributed by atoms with Crippen molar-refractivity contribution < 1.29 is 20.1 Å². The van der Waals surface area contributed by atoms with Gasteiger partial charge in [-0.3, -0.25) is 0 Å². The molecule has 0 bridgehead atoms. The lowest BCUT2D eigenvalue weighted by atomic mass is 10.0. The smallest absolute Gasteiger partial charge is 0.112 e. The van der Waals surface area contributed by atoms with Crippen molar-refractivity contribution in [2.45, 2.75) is 12.1 Å². The highest BCUT2D eigenvalue weighted by molar-refractivity contribution is 6.11. The molecule has 0 aromatic carbocycles. The molecule has 0 aliphatic carbocycles. The number of hydrogen-bond acceptors (Lipinski definition) is 4. The first-order valence-corrected chi connectivity index (χ1v) is 2.98. The minimum Gasteiger partial charge on any atom is -0.395 e. The van der Waals surface area contributed by atoms with E-state index in [2.05, 4.69) is 0 Å². The summed E-state index contributed by atoms with van der Waals surface area (Å²) in [6, 6.07) is -0.829. The molecule has 0 fully saturated rings. The van der Waals surface area contributed by atoms with Gasteiger partial charge in [-0.25, -0.2) is 0 Å². The molecule has 0 heterocycles. The van der Waals surface area contributed by atoms with E-state index in [4.69, 9.17) is 27.9 Å². The normalized spacial score (nSPS) is 14.0. The molecular weight excluding hydrogens is 135 g/mol. The first-order valence-electron chi connectivity index (χ1n) is 2.98. The van der Waals surface area contributed by atoms with E-state index in [1.807, 2.05) is 0 Å². The Hall–Kier alpha value is -0.0951. The quantitative estimate of drug-likeness (QED) is 0.386. The number of rotatable bonds is 5.